The minimum Gasteiger partial charge on any atom is -0.285 e. The molecule has 0 aromatic heterocycles. The molecule has 1 heterocycles. The molecule has 5 heteroatoms. The lowest BCUT2D eigenvalue weighted by molar-refractivity contribution is -0.124. The number of hydrogen-bond acceptors (Lipinski definition) is 4. The molecule has 1 fully saturated rings. The lowest BCUT2D eigenvalue weighted by Gasteiger charge is -2.16. The molecule has 0 aliphatic carbocycles. The summed E-state index contributed by atoms with van der Waals surface area (Å²) in [5.74, 6) is 0.498. The zero-order chi connectivity index (χ0) is 16.1. The fraction of sp³-hybridized carbons (Fsp3) is 0.167. The Hall–Kier alpha value is -2.40. The van der Waals surface area contributed by atoms with Crippen LogP contribution in [0.4, 0.5) is 0 Å². The van der Waals surface area contributed by atoms with Gasteiger partial charge in [0.15, 0.2) is 5.17 Å². The van der Waals surface area contributed by atoms with Crippen molar-refractivity contribution < 1.29 is 4.79 Å². The van der Waals surface area contributed by atoms with Crippen LogP contribution in [0.15, 0.2) is 64.8 Å². The highest BCUT2D eigenvalue weighted by molar-refractivity contribution is 8.15. The zero-order valence-corrected chi connectivity index (χ0v) is 13.7. The number of thioether (sulfide) groups is 1. The highest BCUT2D eigenvalue weighted by atomic mass is 32.2. The molecule has 23 heavy (non-hydrogen) atoms. The predicted molar refractivity (Wildman–Crippen MR) is 95.7 cm³/mol. The van der Waals surface area contributed by atoms with Gasteiger partial charge in [0.05, 0.1) is 18.5 Å². The Morgan fingerprint density at radius 1 is 1.13 bits per heavy atom. The van der Waals surface area contributed by atoms with Crippen LogP contribution in [0.25, 0.3) is 0 Å². The van der Waals surface area contributed by atoms with Gasteiger partial charge in [-0.3, -0.25) is 9.69 Å². The van der Waals surface area contributed by atoms with Crippen LogP contribution in [0, 0.1) is 6.92 Å². The number of benzene rings is 2. The van der Waals surface area contributed by atoms with Crippen LogP contribution in [0.5, 0.6) is 0 Å². The number of nitrogens with zero attached hydrogens (tertiary/aromatic N) is 3. The fourth-order valence-corrected chi connectivity index (χ4v) is 3.10. The predicted octanol–water partition coefficient (Wildman–Crippen LogP) is 3.46. The first-order valence-electron chi connectivity index (χ1n) is 7.38. The Bertz CT molecular complexity index is 756. The van der Waals surface area contributed by atoms with Gasteiger partial charge in [0, 0.05) is 0 Å². The normalized spacial score (nSPS) is 16.7. The largest absolute Gasteiger partial charge is 0.285 e. The minimum absolute atomic E-state index is 0.0758. The molecule has 1 aliphatic heterocycles. The molecule has 0 bridgehead atoms. The van der Waals surface area contributed by atoms with Crippen molar-refractivity contribution in [2.24, 2.45) is 10.2 Å². The van der Waals surface area contributed by atoms with E-state index in [1.54, 1.807) is 11.1 Å². The first-order chi connectivity index (χ1) is 11.2. The van der Waals surface area contributed by atoms with Gasteiger partial charge in [-0.2, -0.15) is 5.10 Å². The number of amidine groups is 1. The summed E-state index contributed by atoms with van der Waals surface area (Å²) in [4.78, 5) is 13.8. The Morgan fingerprint density at radius 3 is 2.65 bits per heavy atom. The van der Waals surface area contributed by atoms with E-state index in [9.17, 15) is 4.79 Å². The van der Waals surface area contributed by atoms with E-state index in [0.717, 1.165) is 11.1 Å². The Balaban J connectivity index is 1.76. The summed E-state index contributed by atoms with van der Waals surface area (Å²) in [5.41, 5.74) is 3.28. The van der Waals surface area contributed by atoms with E-state index in [2.05, 4.69) is 10.2 Å². The highest BCUT2D eigenvalue weighted by Gasteiger charge is 2.28. The van der Waals surface area contributed by atoms with Gasteiger partial charge in [-0.05, 0) is 23.6 Å². The molecule has 0 radical (unpaired) electrons. The van der Waals surface area contributed by atoms with Crippen LogP contribution in [0.3, 0.4) is 0 Å². The maximum atomic E-state index is 12.1. The quantitative estimate of drug-likeness (QED) is 0.639. The van der Waals surface area contributed by atoms with Gasteiger partial charge in [0.25, 0.3) is 0 Å². The summed E-state index contributed by atoms with van der Waals surface area (Å²) in [7, 11) is 0. The molecule has 0 N–H and O–H groups in total. The lowest BCUT2D eigenvalue weighted by Crippen LogP contribution is -2.29. The summed E-state index contributed by atoms with van der Waals surface area (Å²) in [5, 5.41) is 9.01. The van der Waals surface area contributed by atoms with E-state index in [-0.39, 0.29) is 5.91 Å². The Labute approximate surface area is 139 Å². The first kappa shape index (κ1) is 15.5. The number of carbonyl (C=O) groups excluding carboxylic acids is 1. The van der Waals surface area contributed by atoms with E-state index in [1.807, 2.05) is 61.5 Å². The molecule has 1 saturated heterocycles. The van der Waals surface area contributed by atoms with Crippen LogP contribution < -0.4 is 0 Å². The van der Waals surface area contributed by atoms with E-state index in [0.29, 0.717) is 17.5 Å². The molecule has 0 spiro atoms. The minimum atomic E-state index is 0.0758. The maximum absolute atomic E-state index is 12.1. The van der Waals surface area contributed by atoms with Gasteiger partial charge in [-0.1, -0.05) is 66.4 Å². The van der Waals surface area contributed by atoms with E-state index >= 15 is 0 Å². The van der Waals surface area contributed by atoms with Crippen molar-refractivity contribution in [3.63, 3.8) is 0 Å². The topological polar surface area (TPSA) is 45.0 Å². The van der Waals surface area contributed by atoms with Crippen molar-refractivity contribution in [2.75, 3.05) is 5.75 Å². The average molecular weight is 323 g/mol. The number of hydrogen-bond donors (Lipinski definition) is 0. The van der Waals surface area contributed by atoms with Crippen molar-refractivity contribution in [3.8, 4) is 0 Å². The maximum Gasteiger partial charge on any atom is 0.239 e. The van der Waals surface area contributed by atoms with Gasteiger partial charge < -0.3 is 0 Å². The summed E-state index contributed by atoms with van der Waals surface area (Å²) in [6.45, 7) is 2.59. The summed E-state index contributed by atoms with van der Waals surface area (Å²) >= 11 is 1.43. The van der Waals surface area contributed by atoms with Gasteiger partial charge in [0.2, 0.25) is 5.91 Å². The van der Waals surface area contributed by atoms with Gasteiger partial charge >= 0.3 is 0 Å². The first-order valence-corrected chi connectivity index (χ1v) is 8.36. The van der Waals surface area contributed by atoms with Crippen molar-refractivity contribution in [1.82, 2.24) is 4.90 Å². The Kier molecular flexibility index (Phi) is 4.88. The standard InChI is InChI=1S/C18H17N3OS/c1-14-7-5-6-10-16(14)12-21-17(22)13-23-18(21)20-19-11-15-8-3-2-4-9-15/h2-11H,12-13H2,1H3/b19-11-,20-18+. The highest BCUT2D eigenvalue weighted by Crippen LogP contribution is 2.23. The summed E-state index contributed by atoms with van der Waals surface area (Å²) < 4.78 is 0. The third kappa shape index (κ3) is 3.87. The number of amides is 1. The monoisotopic (exact) mass is 323 g/mol. The van der Waals surface area contributed by atoms with Crippen LogP contribution >= 0.6 is 11.8 Å². The van der Waals surface area contributed by atoms with Crippen molar-refractivity contribution in [2.45, 2.75) is 13.5 Å². The molecule has 1 amide bonds. The van der Waals surface area contributed by atoms with Crippen LogP contribution in [0.2, 0.25) is 0 Å². The second-order valence-corrected chi connectivity index (χ2v) is 6.18. The average Bonchev–Trinajstić information content (AvgIpc) is 2.91. The van der Waals surface area contributed by atoms with E-state index in [1.165, 1.54) is 17.3 Å². The second kappa shape index (κ2) is 7.24. The molecular formula is C18H17N3OS. The molecule has 3 rings (SSSR count). The van der Waals surface area contributed by atoms with E-state index < -0.39 is 0 Å². The van der Waals surface area contributed by atoms with Gasteiger partial charge in [-0.15, -0.1) is 5.10 Å². The molecule has 2 aromatic rings. The smallest absolute Gasteiger partial charge is 0.239 e. The van der Waals surface area contributed by atoms with Crippen LogP contribution in [-0.2, 0) is 11.3 Å². The number of carbonyl (C=O) groups is 1. The van der Waals surface area contributed by atoms with Crippen molar-refractivity contribution in [3.05, 3.63) is 71.3 Å². The molecule has 0 atom stereocenters. The number of rotatable bonds is 4. The lowest BCUT2D eigenvalue weighted by atomic mass is 10.1. The van der Waals surface area contributed by atoms with Gasteiger partial charge in [0.1, 0.15) is 0 Å². The fourth-order valence-electron chi connectivity index (χ4n) is 2.27. The summed E-state index contributed by atoms with van der Waals surface area (Å²) in [6, 6.07) is 17.9. The SMILES string of the molecule is Cc1ccccc1CN1C(=O)CS/C1=N/N=C\c1ccccc1. The molecular weight excluding hydrogens is 306 g/mol. The van der Waals surface area contributed by atoms with E-state index in [4.69, 9.17) is 0 Å². The molecule has 0 saturated carbocycles. The van der Waals surface area contributed by atoms with Crippen molar-refractivity contribution >= 4 is 29.1 Å². The van der Waals surface area contributed by atoms with Crippen LogP contribution in [-0.4, -0.2) is 27.9 Å². The Morgan fingerprint density at radius 2 is 1.87 bits per heavy atom. The van der Waals surface area contributed by atoms with Crippen LogP contribution in [0.1, 0.15) is 16.7 Å². The molecule has 1 aliphatic rings. The third-order valence-corrected chi connectivity index (χ3v) is 4.55. The van der Waals surface area contributed by atoms with Gasteiger partial charge in [-0.25, -0.2) is 0 Å². The molecule has 2 aromatic carbocycles. The molecule has 4 nitrogen and oxygen atoms in total. The van der Waals surface area contributed by atoms with Crippen molar-refractivity contribution in [1.29, 1.82) is 0 Å². The third-order valence-electron chi connectivity index (χ3n) is 3.60. The number of aryl methyl sites for hydroxylation is 1. The zero-order valence-electron chi connectivity index (χ0n) is 12.8. The summed E-state index contributed by atoms with van der Waals surface area (Å²) in [6.07, 6.45) is 1.70. The molecule has 0 unspecified atom stereocenters. The molecule has 116 valence electrons. The second-order valence-electron chi connectivity index (χ2n) is 5.23.